The first-order valence-corrected chi connectivity index (χ1v) is 5.47. The normalized spacial score (nSPS) is 44.0. The van der Waals surface area contributed by atoms with Gasteiger partial charge < -0.3 is 4.90 Å². The van der Waals surface area contributed by atoms with Gasteiger partial charge in [0.25, 0.3) is 0 Å². The average Bonchev–Trinajstić information content (AvgIpc) is 2.07. The van der Waals surface area contributed by atoms with Crippen molar-refractivity contribution < 1.29 is 0 Å². The largest absolute Gasteiger partial charge is 0.303 e. The van der Waals surface area contributed by atoms with Crippen LogP contribution in [0, 0.1) is 11.8 Å². The molecule has 0 N–H and O–H groups in total. The second kappa shape index (κ2) is 3.37. The molecule has 1 saturated carbocycles. The minimum absolute atomic E-state index is 0.933. The van der Waals surface area contributed by atoms with Gasteiger partial charge >= 0.3 is 0 Å². The first-order valence-electron chi connectivity index (χ1n) is 5.47. The Balaban J connectivity index is 2.00. The number of piperidine rings is 1. The first-order chi connectivity index (χ1) is 5.77. The summed E-state index contributed by atoms with van der Waals surface area (Å²) >= 11 is 0. The Kier molecular flexibility index (Phi) is 2.40. The van der Waals surface area contributed by atoms with Crippen LogP contribution in [0.3, 0.4) is 0 Å². The molecule has 0 spiro atoms. The average molecular weight is 167 g/mol. The van der Waals surface area contributed by atoms with Gasteiger partial charge in [-0.1, -0.05) is 13.3 Å². The zero-order valence-corrected chi connectivity index (χ0v) is 8.42. The molecule has 1 nitrogen and oxygen atoms in total. The van der Waals surface area contributed by atoms with E-state index in [9.17, 15) is 0 Å². The van der Waals surface area contributed by atoms with Gasteiger partial charge in [-0.25, -0.2) is 0 Å². The van der Waals surface area contributed by atoms with Crippen LogP contribution in [0.1, 0.15) is 39.0 Å². The fraction of sp³-hybridized carbons (Fsp3) is 1.00. The van der Waals surface area contributed by atoms with E-state index in [0.717, 1.165) is 17.9 Å². The molecule has 0 aromatic rings. The maximum Gasteiger partial charge on any atom is 0.0123 e. The van der Waals surface area contributed by atoms with Crippen LogP contribution in [0.4, 0.5) is 0 Å². The summed E-state index contributed by atoms with van der Waals surface area (Å²) in [6, 6.07) is 0.933. The zero-order valence-electron chi connectivity index (χ0n) is 8.42. The summed E-state index contributed by atoms with van der Waals surface area (Å²) in [6.45, 7) is 3.76. The Morgan fingerprint density at radius 1 is 1.17 bits per heavy atom. The third-order valence-corrected chi connectivity index (χ3v) is 3.87. The number of rotatable bonds is 0. The van der Waals surface area contributed by atoms with Crippen molar-refractivity contribution in [2.24, 2.45) is 11.8 Å². The summed E-state index contributed by atoms with van der Waals surface area (Å²) in [7, 11) is 2.31. The lowest BCUT2D eigenvalue weighted by Crippen LogP contribution is -2.45. The smallest absolute Gasteiger partial charge is 0.0123 e. The van der Waals surface area contributed by atoms with Crippen molar-refractivity contribution in [3.63, 3.8) is 0 Å². The number of nitrogens with zero attached hydrogens (tertiary/aromatic N) is 1. The molecule has 3 unspecified atom stereocenters. The second-order valence-electron chi connectivity index (χ2n) is 4.87. The summed E-state index contributed by atoms with van der Waals surface area (Å²) in [4.78, 5) is 2.60. The van der Waals surface area contributed by atoms with E-state index in [0.29, 0.717) is 0 Å². The van der Waals surface area contributed by atoms with Crippen molar-refractivity contribution in [3.05, 3.63) is 0 Å². The van der Waals surface area contributed by atoms with E-state index in [1.54, 1.807) is 0 Å². The molecule has 2 rings (SSSR count). The lowest BCUT2D eigenvalue weighted by Gasteiger charge is -2.44. The number of likely N-dealkylation sites (tertiary alicyclic amines) is 1. The molecule has 70 valence electrons. The van der Waals surface area contributed by atoms with E-state index in [2.05, 4.69) is 18.9 Å². The molecule has 1 heteroatoms. The first kappa shape index (κ1) is 8.55. The van der Waals surface area contributed by atoms with Crippen molar-refractivity contribution in [3.8, 4) is 0 Å². The third-order valence-electron chi connectivity index (χ3n) is 3.87. The Morgan fingerprint density at radius 3 is 2.83 bits per heavy atom. The van der Waals surface area contributed by atoms with E-state index in [1.807, 2.05) is 0 Å². The zero-order chi connectivity index (χ0) is 8.55. The van der Waals surface area contributed by atoms with Gasteiger partial charge in [-0.15, -0.1) is 0 Å². The van der Waals surface area contributed by atoms with Gasteiger partial charge in [0.1, 0.15) is 0 Å². The van der Waals surface area contributed by atoms with Gasteiger partial charge in [0.2, 0.25) is 0 Å². The predicted octanol–water partition coefficient (Wildman–Crippen LogP) is 2.52. The molecule has 1 heterocycles. The molecule has 1 aliphatic carbocycles. The molecule has 0 amide bonds. The molecule has 2 fully saturated rings. The summed E-state index contributed by atoms with van der Waals surface area (Å²) in [5.74, 6) is 2.02. The second-order valence-corrected chi connectivity index (χ2v) is 4.87. The summed E-state index contributed by atoms with van der Waals surface area (Å²) < 4.78 is 0. The van der Waals surface area contributed by atoms with Gasteiger partial charge in [0.15, 0.2) is 0 Å². The van der Waals surface area contributed by atoms with Crippen LogP contribution in [0.5, 0.6) is 0 Å². The molecule has 12 heavy (non-hydrogen) atoms. The van der Waals surface area contributed by atoms with E-state index in [4.69, 9.17) is 0 Å². The van der Waals surface area contributed by atoms with Gasteiger partial charge in [0, 0.05) is 6.04 Å². The van der Waals surface area contributed by atoms with Crippen LogP contribution in [-0.2, 0) is 0 Å². The standard InChI is InChI=1S/C11H21N/c1-9-5-6-10-4-3-7-12(2)11(10)8-9/h9-11H,3-8H2,1-2H3. The predicted molar refractivity (Wildman–Crippen MR) is 52.2 cm³/mol. The highest BCUT2D eigenvalue weighted by Crippen LogP contribution is 2.36. The van der Waals surface area contributed by atoms with Gasteiger partial charge in [-0.3, -0.25) is 0 Å². The van der Waals surface area contributed by atoms with Crippen molar-refractivity contribution in [2.75, 3.05) is 13.6 Å². The molecule has 1 aliphatic heterocycles. The minimum Gasteiger partial charge on any atom is -0.303 e. The summed E-state index contributed by atoms with van der Waals surface area (Å²) in [6.07, 6.45) is 7.38. The SMILES string of the molecule is CC1CCC2CCCN(C)C2C1. The van der Waals surface area contributed by atoms with E-state index in [1.165, 1.54) is 38.6 Å². The molecule has 0 radical (unpaired) electrons. The van der Waals surface area contributed by atoms with Crippen molar-refractivity contribution in [1.82, 2.24) is 4.90 Å². The van der Waals surface area contributed by atoms with E-state index < -0.39 is 0 Å². The van der Waals surface area contributed by atoms with E-state index in [-0.39, 0.29) is 0 Å². The van der Waals surface area contributed by atoms with Gasteiger partial charge in [-0.05, 0) is 51.1 Å². The summed E-state index contributed by atoms with van der Waals surface area (Å²) in [5.41, 5.74) is 0. The topological polar surface area (TPSA) is 3.24 Å². The molecule has 0 aromatic carbocycles. The maximum absolute atomic E-state index is 2.60. The van der Waals surface area contributed by atoms with Crippen molar-refractivity contribution in [1.29, 1.82) is 0 Å². The highest BCUT2D eigenvalue weighted by molar-refractivity contribution is 4.87. The van der Waals surface area contributed by atoms with Gasteiger partial charge in [-0.2, -0.15) is 0 Å². The molecule has 0 bridgehead atoms. The molecular weight excluding hydrogens is 146 g/mol. The molecule has 0 aromatic heterocycles. The number of fused-ring (bicyclic) bond motifs is 1. The van der Waals surface area contributed by atoms with Crippen LogP contribution >= 0.6 is 0 Å². The van der Waals surface area contributed by atoms with E-state index >= 15 is 0 Å². The molecule has 3 atom stereocenters. The highest BCUT2D eigenvalue weighted by atomic mass is 15.1. The van der Waals surface area contributed by atoms with Crippen LogP contribution in [0.25, 0.3) is 0 Å². The number of hydrogen-bond donors (Lipinski definition) is 0. The fourth-order valence-corrected chi connectivity index (χ4v) is 3.06. The monoisotopic (exact) mass is 167 g/mol. The Labute approximate surface area is 76.1 Å². The molecule has 2 aliphatic rings. The molecule has 1 saturated heterocycles. The Hall–Kier alpha value is -0.0400. The third kappa shape index (κ3) is 1.52. The highest BCUT2D eigenvalue weighted by Gasteiger charge is 2.33. The summed E-state index contributed by atoms with van der Waals surface area (Å²) in [5, 5.41) is 0. The number of hydrogen-bond acceptors (Lipinski definition) is 1. The van der Waals surface area contributed by atoms with Crippen molar-refractivity contribution in [2.45, 2.75) is 45.1 Å². The minimum atomic E-state index is 0.933. The quantitative estimate of drug-likeness (QED) is 0.536. The lowest BCUT2D eigenvalue weighted by molar-refractivity contribution is 0.0642. The van der Waals surface area contributed by atoms with Crippen LogP contribution < -0.4 is 0 Å². The Bertz CT molecular complexity index is 155. The van der Waals surface area contributed by atoms with Crippen LogP contribution in [-0.4, -0.2) is 24.5 Å². The van der Waals surface area contributed by atoms with Crippen LogP contribution in [0.15, 0.2) is 0 Å². The molecular formula is C11H21N. The van der Waals surface area contributed by atoms with Gasteiger partial charge in [0.05, 0.1) is 0 Å². The fourth-order valence-electron chi connectivity index (χ4n) is 3.06. The lowest BCUT2D eigenvalue weighted by atomic mass is 9.74. The Morgan fingerprint density at radius 2 is 2.00 bits per heavy atom. The maximum atomic E-state index is 2.60. The van der Waals surface area contributed by atoms with Crippen LogP contribution in [0.2, 0.25) is 0 Å². The van der Waals surface area contributed by atoms with Crippen molar-refractivity contribution >= 4 is 0 Å².